The predicted molar refractivity (Wildman–Crippen MR) is 26.7 cm³/mol. The van der Waals surface area contributed by atoms with Crippen molar-refractivity contribution < 1.29 is 0 Å². The van der Waals surface area contributed by atoms with Crippen molar-refractivity contribution >= 4 is 0 Å². The van der Waals surface area contributed by atoms with Gasteiger partial charge in [0, 0.05) is 0 Å². The summed E-state index contributed by atoms with van der Waals surface area (Å²) in [6.07, 6.45) is 3.53. The molecule has 4 rings (SSSR count). The van der Waals surface area contributed by atoms with E-state index >= 15 is 0 Å². The summed E-state index contributed by atoms with van der Waals surface area (Å²) in [5.74, 6) is 3.23. The quantitative estimate of drug-likeness (QED) is 0.394. The lowest BCUT2D eigenvalue weighted by atomic mass is 10.0. The van der Waals surface area contributed by atoms with Crippen LogP contribution in [0.3, 0.4) is 0 Å². The Labute approximate surface area is 42.5 Å². The van der Waals surface area contributed by atoms with Gasteiger partial charge in [0.2, 0.25) is 0 Å². The van der Waals surface area contributed by atoms with Gasteiger partial charge in [-0.1, -0.05) is 0 Å². The van der Waals surface area contributed by atoms with E-state index in [1.807, 2.05) is 0 Å². The Bertz CT molecular complexity index is 182. The number of allylic oxidation sites excluding steroid dienone is 1. The van der Waals surface area contributed by atoms with E-state index in [-0.39, 0.29) is 0 Å². The Kier molecular flexibility index (Phi) is 0.209. The van der Waals surface area contributed by atoms with Gasteiger partial charge in [0.05, 0.1) is 0 Å². The number of hydrogen-bond acceptors (Lipinski definition) is 0. The minimum Gasteiger partial charge on any atom is -0.125 e. The molecule has 0 heterocycles. The average molecular weight is 90.1 g/mol. The van der Waals surface area contributed by atoms with Gasteiger partial charge >= 0.3 is 0 Å². The van der Waals surface area contributed by atoms with Gasteiger partial charge in [-0.3, -0.25) is 0 Å². The predicted octanol–water partition coefficient (Wildman–Crippen LogP) is 1.35. The van der Waals surface area contributed by atoms with Gasteiger partial charge in [0.25, 0.3) is 0 Å². The molecule has 34 valence electrons. The monoisotopic (exact) mass is 90.0 g/mol. The molecule has 4 aliphatic rings. The fourth-order valence-electron chi connectivity index (χ4n) is 1.82. The van der Waals surface area contributed by atoms with Gasteiger partial charge in [-0.2, -0.15) is 0 Å². The SMILES string of the molecule is C1=CCC2C3C=1C23. The van der Waals surface area contributed by atoms with Crippen molar-refractivity contribution in [2.24, 2.45) is 17.8 Å². The molecule has 0 aromatic heterocycles. The van der Waals surface area contributed by atoms with Gasteiger partial charge < -0.3 is 0 Å². The lowest BCUT2D eigenvalue weighted by molar-refractivity contribution is 0.691. The van der Waals surface area contributed by atoms with Crippen LogP contribution in [-0.2, 0) is 0 Å². The molecule has 0 nitrogen and oxygen atoms in total. The molecule has 2 fully saturated rings. The fraction of sp³-hybridized carbons (Fsp3) is 0.571. The van der Waals surface area contributed by atoms with E-state index < -0.39 is 0 Å². The second-order valence-corrected chi connectivity index (χ2v) is 2.75. The molecule has 2 saturated carbocycles. The van der Waals surface area contributed by atoms with Crippen molar-refractivity contribution in [2.45, 2.75) is 6.42 Å². The highest BCUT2D eigenvalue weighted by atomic mass is 14.7. The molecule has 2 bridgehead atoms. The van der Waals surface area contributed by atoms with Gasteiger partial charge in [-0.05, 0) is 35.8 Å². The van der Waals surface area contributed by atoms with Crippen molar-refractivity contribution in [3.05, 3.63) is 17.4 Å². The van der Waals surface area contributed by atoms with Crippen LogP contribution in [0.2, 0.25) is 0 Å². The largest absolute Gasteiger partial charge is 0.125 e. The van der Waals surface area contributed by atoms with E-state index in [0.717, 1.165) is 17.8 Å². The maximum atomic E-state index is 3.28. The van der Waals surface area contributed by atoms with Crippen molar-refractivity contribution in [2.75, 3.05) is 0 Å². The van der Waals surface area contributed by atoms with Crippen LogP contribution in [0, 0.1) is 17.8 Å². The summed E-state index contributed by atoms with van der Waals surface area (Å²) in [6.45, 7) is 0. The third kappa shape index (κ3) is 0.148. The molecule has 7 heavy (non-hydrogen) atoms. The van der Waals surface area contributed by atoms with Crippen molar-refractivity contribution in [1.29, 1.82) is 0 Å². The molecule has 2 unspecified atom stereocenters. The lowest BCUT2D eigenvalue weighted by Gasteiger charge is -2.01. The molecule has 0 amide bonds. The molecule has 0 aliphatic heterocycles. The van der Waals surface area contributed by atoms with Crippen LogP contribution in [0.5, 0.6) is 0 Å². The topological polar surface area (TPSA) is 0 Å². The van der Waals surface area contributed by atoms with Crippen LogP contribution in [0.1, 0.15) is 6.42 Å². The summed E-state index contributed by atoms with van der Waals surface area (Å²) in [5, 5.41) is 0. The minimum atomic E-state index is 1.06. The molecule has 0 saturated heterocycles. The van der Waals surface area contributed by atoms with Gasteiger partial charge in [0.1, 0.15) is 0 Å². The first-order valence-electron chi connectivity index (χ1n) is 2.93. The summed E-state index contributed by atoms with van der Waals surface area (Å²) in [6, 6.07) is 0. The summed E-state index contributed by atoms with van der Waals surface area (Å²) >= 11 is 0. The normalized spacial score (nSPS) is 58.3. The summed E-state index contributed by atoms with van der Waals surface area (Å²) in [7, 11) is 0. The van der Waals surface area contributed by atoms with Crippen LogP contribution >= 0.6 is 0 Å². The molecule has 0 heteroatoms. The van der Waals surface area contributed by atoms with E-state index in [9.17, 15) is 0 Å². The fourth-order valence-corrected chi connectivity index (χ4v) is 1.82. The highest BCUT2D eigenvalue weighted by Crippen LogP contribution is 2.75. The van der Waals surface area contributed by atoms with Crippen LogP contribution in [0.15, 0.2) is 17.4 Å². The molecule has 2 atom stereocenters. The van der Waals surface area contributed by atoms with Gasteiger partial charge in [0.15, 0.2) is 0 Å². The van der Waals surface area contributed by atoms with E-state index in [4.69, 9.17) is 0 Å². The molecule has 0 aromatic rings. The van der Waals surface area contributed by atoms with E-state index in [0.29, 0.717) is 0 Å². The van der Waals surface area contributed by atoms with E-state index in [1.54, 1.807) is 5.57 Å². The van der Waals surface area contributed by atoms with E-state index in [1.165, 1.54) is 6.42 Å². The summed E-state index contributed by atoms with van der Waals surface area (Å²) < 4.78 is 0. The maximum Gasteiger partial charge on any atom is -0.00115 e. The van der Waals surface area contributed by atoms with Crippen molar-refractivity contribution in [3.8, 4) is 0 Å². The number of hydrogen-bond donors (Lipinski definition) is 0. The highest BCUT2D eigenvalue weighted by Gasteiger charge is 2.69. The van der Waals surface area contributed by atoms with Gasteiger partial charge in [-0.25, -0.2) is 0 Å². The smallest absolute Gasteiger partial charge is 0.00115 e. The van der Waals surface area contributed by atoms with Crippen LogP contribution in [0.25, 0.3) is 0 Å². The summed E-state index contributed by atoms with van der Waals surface area (Å²) in [5.41, 5.74) is 4.91. The van der Waals surface area contributed by atoms with Crippen LogP contribution in [0.4, 0.5) is 0 Å². The Morgan fingerprint density at radius 2 is 2.43 bits per heavy atom. The molecule has 4 aliphatic carbocycles. The molecule has 0 aromatic carbocycles. The van der Waals surface area contributed by atoms with Crippen LogP contribution in [-0.4, -0.2) is 0 Å². The second kappa shape index (κ2) is 0.535. The maximum absolute atomic E-state index is 3.28. The van der Waals surface area contributed by atoms with Gasteiger partial charge in [-0.15, -0.1) is 5.73 Å². The third-order valence-corrected chi connectivity index (χ3v) is 2.44. The minimum absolute atomic E-state index is 1.06. The molecule has 0 spiro atoms. The zero-order valence-electron chi connectivity index (χ0n) is 4.02. The molecular formula is C7H6. The third-order valence-electron chi connectivity index (χ3n) is 2.44. The first-order chi connectivity index (χ1) is 3.48. The average Bonchev–Trinajstić information content (AvgIpc) is 2.53. The highest BCUT2D eigenvalue weighted by molar-refractivity contribution is 5.47. The number of fused-ring (bicyclic) bond motifs is 1. The lowest BCUT2D eigenvalue weighted by Crippen LogP contribution is -1.91. The molecular weight excluding hydrogens is 84.1 g/mol. The van der Waals surface area contributed by atoms with Crippen molar-refractivity contribution in [1.82, 2.24) is 0 Å². The Morgan fingerprint density at radius 1 is 1.57 bits per heavy atom. The number of rotatable bonds is 0. The van der Waals surface area contributed by atoms with Crippen molar-refractivity contribution in [3.63, 3.8) is 0 Å². The Hall–Kier alpha value is -0.480. The zero-order chi connectivity index (χ0) is 4.43. The first-order valence-corrected chi connectivity index (χ1v) is 2.93. The standard InChI is InChI=1S/C7H6/c1-2-4-6-5(3-1)7(4)6/h1,4,6-7H,2H2. The second-order valence-electron chi connectivity index (χ2n) is 2.75. The summed E-state index contributed by atoms with van der Waals surface area (Å²) in [4.78, 5) is 0. The first kappa shape index (κ1) is 2.74. The Balaban J connectivity index is 2.38. The molecule has 0 N–H and O–H groups in total. The Morgan fingerprint density at radius 3 is 2.71 bits per heavy atom. The van der Waals surface area contributed by atoms with Crippen LogP contribution < -0.4 is 0 Å². The zero-order valence-corrected chi connectivity index (χ0v) is 4.02. The van der Waals surface area contributed by atoms with E-state index in [2.05, 4.69) is 11.8 Å². The molecule has 0 radical (unpaired) electrons.